The molecule has 4 nitrogen and oxygen atoms in total. The van der Waals surface area contributed by atoms with Crippen molar-refractivity contribution in [3.63, 3.8) is 0 Å². The first-order chi connectivity index (χ1) is 12.2. The van der Waals surface area contributed by atoms with Gasteiger partial charge in [0.25, 0.3) is 5.91 Å². The van der Waals surface area contributed by atoms with Crippen molar-refractivity contribution in [3.05, 3.63) is 83.8 Å². The number of hydrogen-bond acceptors (Lipinski definition) is 3. The summed E-state index contributed by atoms with van der Waals surface area (Å²) in [5.41, 5.74) is 3.04. The fourth-order valence-electron chi connectivity index (χ4n) is 2.47. The molecule has 3 rings (SSSR count). The molecular weight excluding hydrogens is 319 g/mol. The Morgan fingerprint density at radius 1 is 1.08 bits per heavy atom. The van der Waals surface area contributed by atoms with Crippen LogP contribution in [-0.4, -0.2) is 18.0 Å². The molecule has 1 aromatic heterocycles. The fourth-order valence-corrected chi connectivity index (χ4v) is 2.47. The van der Waals surface area contributed by atoms with Crippen molar-refractivity contribution in [2.75, 3.05) is 7.11 Å². The maximum atomic E-state index is 12.9. The van der Waals surface area contributed by atoms with Crippen LogP contribution in [0.1, 0.15) is 15.9 Å². The summed E-state index contributed by atoms with van der Waals surface area (Å²) in [6, 6.07) is 16.8. The van der Waals surface area contributed by atoms with E-state index in [1.165, 1.54) is 24.3 Å². The summed E-state index contributed by atoms with van der Waals surface area (Å²) in [5.74, 6) is 0.140. The summed E-state index contributed by atoms with van der Waals surface area (Å²) >= 11 is 0. The zero-order chi connectivity index (χ0) is 17.6. The number of ether oxygens (including phenoxy) is 1. The predicted octanol–water partition coefficient (Wildman–Crippen LogP) is 3.83. The van der Waals surface area contributed by atoms with Gasteiger partial charge in [-0.25, -0.2) is 4.39 Å². The van der Waals surface area contributed by atoms with Gasteiger partial charge in [0.2, 0.25) is 0 Å². The van der Waals surface area contributed by atoms with E-state index in [1.54, 1.807) is 13.3 Å². The Hall–Kier alpha value is -3.21. The summed E-state index contributed by atoms with van der Waals surface area (Å²) in [4.78, 5) is 16.6. The third-order valence-corrected chi connectivity index (χ3v) is 3.80. The Kier molecular flexibility index (Phi) is 5.04. The number of halogens is 1. The Balaban J connectivity index is 1.76. The van der Waals surface area contributed by atoms with E-state index in [4.69, 9.17) is 4.74 Å². The highest BCUT2D eigenvalue weighted by molar-refractivity contribution is 5.94. The van der Waals surface area contributed by atoms with Gasteiger partial charge in [-0.15, -0.1) is 0 Å². The Morgan fingerprint density at radius 3 is 2.48 bits per heavy atom. The molecule has 0 spiro atoms. The number of benzene rings is 2. The highest BCUT2D eigenvalue weighted by atomic mass is 19.1. The fraction of sp³-hybridized carbons (Fsp3) is 0.100. The van der Waals surface area contributed by atoms with Gasteiger partial charge < -0.3 is 10.1 Å². The topological polar surface area (TPSA) is 51.2 Å². The van der Waals surface area contributed by atoms with Gasteiger partial charge >= 0.3 is 0 Å². The number of carbonyl (C=O) groups excluding carboxylic acids is 1. The molecule has 1 N–H and O–H groups in total. The van der Waals surface area contributed by atoms with E-state index < -0.39 is 0 Å². The molecule has 0 saturated heterocycles. The van der Waals surface area contributed by atoms with Gasteiger partial charge in [0.15, 0.2) is 0 Å². The molecule has 0 aliphatic carbocycles. The number of aromatic nitrogens is 1. The summed E-state index contributed by atoms with van der Waals surface area (Å²) in [6.07, 6.45) is 1.71. The maximum Gasteiger partial charge on any atom is 0.251 e. The van der Waals surface area contributed by atoms with Gasteiger partial charge in [-0.05, 0) is 60.2 Å². The van der Waals surface area contributed by atoms with Crippen LogP contribution in [-0.2, 0) is 6.54 Å². The third kappa shape index (κ3) is 4.01. The van der Waals surface area contributed by atoms with Crippen molar-refractivity contribution in [2.45, 2.75) is 6.54 Å². The molecule has 1 heterocycles. The Labute approximate surface area is 145 Å². The molecule has 0 fully saturated rings. The van der Waals surface area contributed by atoms with E-state index in [2.05, 4.69) is 10.3 Å². The van der Waals surface area contributed by atoms with Crippen molar-refractivity contribution in [3.8, 4) is 17.0 Å². The van der Waals surface area contributed by atoms with Gasteiger partial charge in [-0.1, -0.05) is 6.07 Å². The monoisotopic (exact) mass is 336 g/mol. The number of pyridine rings is 1. The van der Waals surface area contributed by atoms with Crippen molar-refractivity contribution in [1.29, 1.82) is 0 Å². The second-order valence-corrected chi connectivity index (χ2v) is 5.43. The SMILES string of the molecule is COc1ccc(-c2ncccc2CNC(=O)c2ccc(F)cc2)cc1. The molecule has 25 heavy (non-hydrogen) atoms. The average molecular weight is 336 g/mol. The summed E-state index contributed by atoms with van der Waals surface area (Å²) < 4.78 is 18.1. The zero-order valence-electron chi connectivity index (χ0n) is 13.7. The van der Waals surface area contributed by atoms with Crippen LogP contribution in [0.5, 0.6) is 5.75 Å². The number of hydrogen-bond donors (Lipinski definition) is 1. The molecule has 0 atom stereocenters. The number of rotatable bonds is 5. The predicted molar refractivity (Wildman–Crippen MR) is 93.8 cm³/mol. The van der Waals surface area contributed by atoms with Crippen LogP contribution in [0.15, 0.2) is 66.9 Å². The maximum absolute atomic E-state index is 12.9. The van der Waals surface area contributed by atoms with Crippen LogP contribution < -0.4 is 10.1 Å². The van der Waals surface area contributed by atoms with Crippen LogP contribution >= 0.6 is 0 Å². The number of nitrogens with one attached hydrogen (secondary N) is 1. The van der Waals surface area contributed by atoms with E-state index >= 15 is 0 Å². The first-order valence-electron chi connectivity index (χ1n) is 7.79. The van der Waals surface area contributed by atoms with Gasteiger partial charge in [0.1, 0.15) is 11.6 Å². The summed E-state index contributed by atoms with van der Waals surface area (Å²) in [6.45, 7) is 0.325. The highest BCUT2D eigenvalue weighted by Crippen LogP contribution is 2.23. The Morgan fingerprint density at radius 2 is 1.80 bits per heavy atom. The molecule has 0 radical (unpaired) electrons. The van der Waals surface area contributed by atoms with Crippen molar-refractivity contribution in [1.82, 2.24) is 10.3 Å². The second kappa shape index (κ2) is 7.57. The lowest BCUT2D eigenvalue weighted by Gasteiger charge is -2.10. The first-order valence-corrected chi connectivity index (χ1v) is 7.79. The van der Waals surface area contributed by atoms with Crippen molar-refractivity contribution in [2.24, 2.45) is 0 Å². The van der Waals surface area contributed by atoms with E-state index in [9.17, 15) is 9.18 Å². The number of methoxy groups -OCH3 is 1. The van der Waals surface area contributed by atoms with Crippen LogP contribution in [0.25, 0.3) is 11.3 Å². The average Bonchev–Trinajstić information content (AvgIpc) is 2.67. The van der Waals surface area contributed by atoms with Gasteiger partial charge in [-0.2, -0.15) is 0 Å². The Bertz CT molecular complexity index is 862. The van der Waals surface area contributed by atoms with Gasteiger partial charge in [0.05, 0.1) is 12.8 Å². The summed E-state index contributed by atoms with van der Waals surface area (Å²) in [7, 11) is 1.62. The molecule has 126 valence electrons. The molecule has 0 bridgehead atoms. The van der Waals surface area contributed by atoms with Gasteiger partial charge in [0, 0.05) is 23.9 Å². The lowest BCUT2D eigenvalue weighted by atomic mass is 10.1. The van der Waals surface area contributed by atoms with Crippen molar-refractivity contribution < 1.29 is 13.9 Å². The number of carbonyl (C=O) groups is 1. The standard InChI is InChI=1S/C20H17FN2O2/c1-25-18-10-6-14(7-11-18)19-16(3-2-12-22-19)13-23-20(24)15-4-8-17(21)9-5-15/h2-12H,13H2,1H3,(H,23,24). The second-order valence-electron chi connectivity index (χ2n) is 5.43. The quantitative estimate of drug-likeness (QED) is 0.770. The minimum absolute atomic E-state index is 0.260. The zero-order valence-corrected chi connectivity index (χ0v) is 13.7. The van der Waals surface area contributed by atoms with E-state index in [1.807, 2.05) is 36.4 Å². The first kappa shape index (κ1) is 16.6. The van der Waals surface area contributed by atoms with Crippen molar-refractivity contribution >= 4 is 5.91 Å². The number of amides is 1. The molecule has 2 aromatic carbocycles. The van der Waals surface area contributed by atoms with Gasteiger partial charge in [-0.3, -0.25) is 9.78 Å². The van der Waals surface area contributed by atoms with Crippen LogP contribution in [0, 0.1) is 5.82 Å². The minimum atomic E-state index is -0.370. The third-order valence-electron chi connectivity index (χ3n) is 3.80. The lowest BCUT2D eigenvalue weighted by Crippen LogP contribution is -2.23. The lowest BCUT2D eigenvalue weighted by molar-refractivity contribution is 0.0951. The largest absolute Gasteiger partial charge is 0.497 e. The normalized spacial score (nSPS) is 10.3. The molecule has 1 amide bonds. The molecule has 5 heteroatoms. The van der Waals surface area contributed by atoms with E-state index in [0.717, 1.165) is 22.6 Å². The molecule has 0 saturated carbocycles. The van der Waals surface area contributed by atoms with Crippen LogP contribution in [0.2, 0.25) is 0 Å². The molecule has 0 unspecified atom stereocenters. The smallest absolute Gasteiger partial charge is 0.251 e. The molecule has 0 aliphatic rings. The minimum Gasteiger partial charge on any atom is -0.497 e. The molecule has 0 aliphatic heterocycles. The van der Waals surface area contributed by atoms with Crippen LogP contribution in [0.3, 0.4) is 0 Å². The summed E-state index contributed by atoms with van der Waals surface area (Å²) in [5, 5.41) is 2.84. The molecular formula is C20H17FN2O2. The van der Waals surface area contributed by atoms with Crippen LogP contribution in [0.4, 0.5) is 4.39 Å². The number of nitrogens with zero attached hydrogens (tertiary/aromatic N) is 1. The highest BCUT2D eigenvalue weighted by Gasteiger charge is 2.10. The van der Waals surface area contributed by atoms with E-state index in [-0.39, 0.29) is 11.7 Å². The molecule has 3 aromatic rings. The van der Waals surface area contributed by atoms with E-state index in [0.29, 0.717) is 12.1 Å².